The summed E-state index contributed by atoms with van der Waals surface area (Å²) >= 11 is 3.38. The van der Waals surface area contributed by atoms with Gasteiger partial charge in [-0.3, -0.25) is 4.79 Å². The third-order valence-corrected chi connectivity index (χ3v) is 3.98. The van der Waals surface area contributed by atoms with Crippen molar-refractivity contribution < 1.29 is 19.0 Å². The average molecular weight is 391 g/mol. The van der Waals surface area contributed by atoms with Crippen LogP contribution in [0.15, 0.2) is 46.9 Å². The van der Waals surface area contributed by atoms with Crippen LogP contribution >= 0.6 is 15.9 Å². The van der Waals surface area contributed by atoms with Crippen molar-refractivity contribution in [2.24, 2.45) is 0 Å². The molecule has 5 heteroatoms. The molecule has 0 heterocycles. The van der Waals surface area contributed by atoms with Crippen molar-refractivity contribution in [1.29, 1.82) is 0 Å². The second-order valence-electron chi connectivity index (χ2n) is 4.86. The highest BCUT2D eigenvalue weighted by molar-refractivity contribution is 9.10. The van der Waals surface area contributed by atoms with Crippen molar-refractivity contribution in [3.05, 3.63) is 58.1 Å². The summed E-state index contributed by atoms with van der Waals surface area (Å²) in [6, 6.07) is 10.8. The normalized spacial score (nSPS) is 10.7. The first-order valence-corrected chi connectivity index (χ1v) is 8.25. The second-order valence-corrected chi connectivity index (χ2v) is 5.71. The molecule has 0 aliphatic rings. The summed E-state index contributed by atoms with van der Waals surface area (Å²) in [6.45, 7) is 2.45. The van der Waals surface area contributed by atoms with Crippen molar-refractivity contribution in [3.8, 4) is 17.2 Å². The van der Waals surface area contributed by atoms with E-state index in [0.29, 0.717) is 29.4 Å². The molecule has 0 aliphatic heterocycles. The second kappa shape index (κ2) is 8.55. The minimum absolute atomic E-state index is 0.109. The quantitative estimate of drug-likeness (QED) is 0.504. The van der Waals surface area contributed by atoms with Gasteiger partial charge in [-0.15, -0.1) is 0 Å². The lowest BCUT2D eigenvalue weighted by atomic mass is 10.1. The molecule has 126 valence electrons. The monoisotopic (exact) mass is 390 g/mol. The molecule has 0 aliphatic carbocycles. The molecule has 0 amide bonds. The van der Waals surface area contributed by atoms with E-state index < -0.39 is 0 Å². The van der Waals surface area contributed by atoms with Crippen LogP contribution in [0.2, 0.25) is 0 Å². The molecular formula is C19H19BrO4. The third kappa shape index (κ3) is 4.17. The largest absolute Gasteiger partial charge is 0.496 e. The number of carbonyl (C=O) groups is 1. The van der Waals surface area contributed by atoms with E-state index in [1.165, 1.54) is 6.08 Å². The van der Waals surface area contributed by atoms with Crippen molar-refractivity contribution in [3.63, 3.8) is 0 Å². The predicted octanol–water partition coefficient (Wildman–Crippen LogP) is 4.76. The number of carbonyl (C=O) groups excluding carboxylic acids is 1. The van der Waals surface area contributed by atoms with Gasteiger partial charge in [0, 0.05) is 11.1 Å². The van der Waals surface area contributed by atoms with Crippen LogP contribution in [0.25, 0.3) is 6.08 Å². The Morgan fingerprint density at radius 2 is 1.92 bits per heavy atom. The molecule has 4 nitrogen and oxygen atoms in total. The van der Waals surface area contributed by atoms with Gasteiger partial charge in [0.05, 0.1) is 25.3 Å². The van der Waals surface area contributed by atoms with E-state index in [2.05, 4.69) is 15.9 Å². The minimum atomic E-state index is -0.109. The SMILES string of the molecule is CCOc1cccc(/C=C/C(=O)c2ccc(OC)c(Br)c2)c1OC. The van der Waals surface area contributed by atoms with Crippen LogP contribution in [-0.4, -0.2) is 26.6 Å². The topological polar surface area (TPSA) is 44.8 Å². The molecule has 0 radical (unpaired) electrons. The first kappa shape index (κ1) is 18.1. The van der Waals surface area contributed by atoms with Gasteiger partial charge in [0.1, 0.15) is 5.75 Å². The van der Waals surface area contributed by atoms with Gasteiger partial charge >= 0.3 is 0 Å². The first-order chi connectivity index (χ1) is 11.6. The highest BCUT2D eigenvalue weighted by Crippen LogP contribution is 2.32. The molecule has 0 unspecified atom stereocenters. The molecule has 0 saturated heterocycles. The lowest BCUT2D eigenvalue weighted by molar-refractivity contribution is 0.104. The lowest BCUT2D eigenvalue weighted by Crippen LogP contribution is -1.98. The molecule has 0 atom stereocenters. The van der Waals surface area contributed by atoms with Crippen LogP contribution in [0.4, 0.5) is 0 Å². The molecule has 24 heavy (non-hydrogen) atoms. The van der Waals surface area contributed by atoms with E-state index in [1.807, 2.05) is 25.1 Å². The maximum Gasteiger partial charge on any atom is 0.185 e. The zero-order valence-corrected chi connectivity index (χ0v) is 15.4. The summed E-state index contributed by atoms with van der Waals surface area (Å²) in [7, 11) is 3.16. The Balaban J connectivity index is 2.26. The van der Waals surface area contributed by atoms with Gasteiger partial charge in [-0.05, 0) is 59.3 Å². The highest BCUT2D eigenvalue weighted by Gasteiger charge is 2.09. The van der Waals surface area contributed by atoms with Crippen LogP contribution in [0.3, 0.4) is 0 Å². The summed E-state index contributed by atoms with van der Waals surface area (Å²) < 4.78 is 16.8. The maximum atomic E-state index is 12.4. The number of hydrogen-bond acceptors (Lipinski definition) is 4. The summed E-state index contributed by atoms with van der Waals surface area (Å²) in [5.41, 5.74) is 1.35. The molecule has 2 aromatic rings. The Morgan fingerprint density at radius 1 is 1.12 bits per heavy atom. The van der Waals surface area contributed by atoms with Gasteiger partial charge in [0.15, 0.2) is 17.3 Å². The fraction of sp³-hybridized carbons (Fsp3) is 0.211. The van der Waals surface area contributed by atoms with Gasteiger partial charge < -0.3 is 14.2 Å². The lowest BCUT2D eigenvalue weighted by Gasteiger charge is -2.11. The number of halogens is 1. The number of allylic oxidation sites excluding steroid dienone is 1. The standard InChI is InChI=1S/C19H19BrO4/c1-4-24-18-7-5-6-13(19(18)23-3)8-10-16(21)14-9-11-17(22-2)15(20)12-14/h5-12H,4H2,1-3H3/b10-8+. The van der Waals surface area contributed by atoms with Crippen molar-refractivity contribution in [2.75, 3.05) is 20.8 Å². The van der Waals surface area contributed by atoms with E-state index in [9.17, 15) is 4.79 Å². The maximum absolute atomic E-state index is 12.4. The fourth-order valence-corrected chi connectivity index (χ4v) is 2.77. The van der Waals surface area contributed by atoms with Gasteiger partial charge in [0.25, 0.3) is 0 Å². The van der Waals surface area contributed by atoms with Gasteiger partial charge in [-0.2, -0.15) is 0 Å². The van der Waals surface area contributed by atoms with Crippen LogP contribution in [0.1, 0.15) is 22.8 Å². The van der Waals surface area contributed by atoms with Crippen LogP contribution < -0.4 is 14.2 Å². The molecule has 2 aromatic carbocycles. The van der Waals surface area contributed by atoms with E-state index in [1.54, 1.807) is 38.5 Å². The smallest absolute Gasteiger partial charge is 0.185 e. The number of rotatable bonds is 7. The molecule has 0 bridgehead atoms. The number of benzene rings is 2. The Bertz CT molecular complexity index is 753. The number of ether oxygens (including phenoxy) is 3. The molecule has 2 rings (SSSR count). The van der Waals surface area contributed by atoms with Crippen LogP contribution in [0, 0.1) is 0 Å². The van der Waals surface area contributed by atoms with Crippen LogP contribution in [0.5, 0.6) is 17.2 Å². The molecule has 0 fully saturated rings. The highest BCUT2D eigenvalue weighted by atomic mass is 79.9. The Hall–Kier alpha value is -2.27. The van der Waals surface area contributed by atoms with Crippen molar-refractivity contribution in [2.45, 2.75) is 6.92 Å². The third-order valence-electron chi connectivity index (χ3n) is 3.36. The zero-order chi connectivity index (χ0) is 17.5. The Kier molecular flexibility index (Phi) is 6.44. The predicted molar refractivity (Wildman–Crippen MR) is 98.2 cm³/mol. The van der Waals surface area contributed by atoms with Gasteiger partial charge in [-0.1, -0.05) is 12.1 Å². The molecule has 0 N–H and O–H groups in total. The van der Waals surface area contributed by atoms with E-state index >= 15 is 0 Å². The van der Waals surface area contributed by atoms with E-state index in [0.717, 1.165) is 10.0 Å². The molecular weight excluding hydrogens is 372 g/mol. The first-order valence-electron chi connectivity index (χ1n) is 7.46. The van der Waals surface area contributed by atoms with E-state index in [-0.39, 0.29) is 5.78 Å². The van der Waals surface area contributed by atoms with Crippen LogP contribution in [-0.2, 0) is 0 Å². The molecule has 0 spiro atoms. The minimum Gasteiger partial charge on any atom is -0.496 e. The Labute approximate surface area is 150 Å². The zero-order valence-electron chi connectivity index (χ0n) is 13.8. The molecule has 0 saturated carbocycles. The summed E-state index contributed by atoms with van der Waals surface area (Å²) in [6.07, 6.45) is 3.24. The van der Waals surface area contributed by atoms with Gasteiger partial charge in [0.2, 0.25) is 0 Å². The van der Waals surface area contributed by atoms with Gasteiger partial charge in [-0.25, -0.2) is 0 Å². The average Bonchev–Trinajstić information content (AvgIpc) is 2.60. The van der Waals surface area contributed by atoms with Crippen molar-refractivity contribution >= 4 is 27.8 Å². The summed E-state index contributed by atoms with van der Waals surface area (Å²) in [5.74, 6) is 1.84. The van der Waals surface area contributed by atoms with Crippen molar-refractivity contribution in [1.82, 2.24) is 0 Å². The molecule has 0 aromatic heterocycles. The summed E-state index contributed by atoms with van der Waals surface area (Å²) in [4.78, 5) is 12.4. The fourth-order valence-electron chi connectivity index (χ4n) is 2.23. The number of ketones is 1. The summed E-state index contributed by atoms with van der Waals surface area (Å²) in [5, 5.41) is 0. The van der Waals surface area contributed by atoms with E-state index in [4.69, 9.17) is 14.2 Å². The Morgan fingerprint density at radius 3 is 2.54 bits per heavy atom. The number of methoxy groups -OCH3 is 2. The number of hydrogen-bond donors (Lipinski definition) is 0. The number of para-hydroxylation sites is 1.